The minimum absolute atomic E-state index is 0.103. The lowest BCUT2D eigenvalue weighted by molar-refractivity contribution is 0.397. The average molecular weight is 441 g/mol. The van der Waals surface area contributed by atoms with E-state index in [-0.39, 0.29) is 5.56 Å². The van der Waals surface area contributed by atoms with Crippen LogP contribution in [-0.2, 0) is 6.54 Å². The molecule has 5 aromatic rings. The van der Waals surface area contributed by atoms with Crippen LogP contribution in [0.25, 0.3) is 38.6 Å². The minimum atomic E-state index is -0.103. The van der Waals surface area contributed by atoms with Gasteiger partial charge in [-0.25, -0.2) is 4.98 Å². The maximum absolute atomic E-state index is 13.2. The van der Waals surface area contributed by atoms with Crippen LogP contribution in [0.2, 0.25) is 5.02 Å². The van der Waals surface area contributed by atoms with E-state index in [2.05, 4.69) is 9.88 Å². The minimum Gasteiger partial charge on any atom is -0.304 e. The molecule has 0 N–H and O–H groups in total. The maximum Gasteiger partial charge on any atom is 0.265 e. The summed E-state index contributed by atoms with van der Waals surface area (Å²) < 4.78 is 1.58. The Hall–Kier alpha value is -3.54. The summed E-state index contributed by atoms with van der Waals surface area (Å²) in [6, 6.07) is 23.2. The van der Waals surface area contributed by atoms with Crippen LogP contribution in [-0.4, -0.2) is 33.5 Å². The van der Waals surface area contributed by atoms with E-state index in [4.69, 9.17) is 16.6 Å². The van der Waals surface area contributed by atoms with Crippen LogP contribution in [0, 0.1) is 0 Å². The van der Waals surface area contributed by atoms with Crippen molar-refractivity contribution in [3.63, 3.8) is 0 Å². The van der Waals surface area contributed by atoms with E-state index in [9.17, 15) is 4.79 Å². The molecule has 2 aromatic heterocycles. The Balaban J connectivity index is 1.54. The lowest BCUT2D eigenvalue weighted by Crippen LogP contribution is -2.18. The number of rotatable bonds is 4. The first-order chi connectivity index (χ1) is 15.5. The molecule has 0 amide bonds. The first-order valence-corrected chi connectivity index (χ1v) is 10.7. The third-order valence-electron chi connectivity index (χ3n) is 5.42. The van der Waals surface area contributed by atoms with E-state index in [0.717, 1.165) is 40.0 Å². The second kappa shape index (κ2) is 8.19. The van der Waals surface area contributed by atoms with Crippen LogP contribution >= 0.6 is 11.6 Å². The Morgan fingerprint density at radius 2 is 1.66 bits per heavy atom. The van der Waals surface area contributed by atoms with Gasteiger partial charge < -0.3 is 4.90 Å². The number of fused-ring (bicyclic) bond motifs is 2. The van der Waals surface area contributed by atoms with E-state index in [1.165, 1.54) is 0 Å². The molecular formula is C26H21ClN4O. The van der Waals surface area contributed by atoms with Crippen molar-refractivity contribution in [3.8, 4) is 16.8 Å². The molecule has 158 valence electrons. The zero-order valence-corrected chi connectivity index (χ0v) is 18.5. The standard InChI is InChI=1S/C26H21ClN4O/c1-30(2)15-21-9-5-19-13-22(10-12-24(19)29-21)31-16-28-25-14-18(6-11-23(25)26(31)32)17-3-7-20(27)8-4-17/h3-14,16H,15H2,1-2H3. The number of aromatic nitrogens is 3. The number of hydrogen-bond acceptors (Lipinski definition) is 4. The molecule has 0 fully saturated rings. The summed E-state index contributed by atoms with van der Waals surface area (Å²) in [5.74, 6) is 0. The number of benzene rings is 3. The summed E-state index contributed by atoms with van der Waals surface area (Å²) in [4.78, 5) is 24.6. The van der Waals surface area contributed by atoms with Gasteiger partial charge in [-0.3, -0.25) is 14.3 Å². The maximum atomic E-state index is 13.2. The molecule has 0 radical (unpaired) electrons. The molecule has 0 aliphatic heterocycles. The van der Waals surface area contributed by atoms with Gasteiger partial charge in [0.1, 0.15) is 6.33 Å². The van der Waals surface area contributed by atoms with E-state index in [1.807, 2.05) is 86.9 Å². The Labute approximate surface area is 190 Å². The molecule has 2 heterocycles. The fraction of sp³-hybridized carbons (Fsp3) is 0.115. The molecule has 0 bridgehead atoms. The zero-order chi connectivity index (χ0) is 22.2. The first kappa shape index (κ1) is 20.4. The third kappa shape index (κ3) is 3.88. The number of nitrogens with zero attached hydrogens (tertiary/aromatic N) is 4. The molecule has 6 heteroatoms. The van der Waals surface area contributed by atoms with Gasteiger partial charge in [0.15, 0.2) is 0 Å². The quantitative estimate of drug-likeness (QED) is 0.379. The van der Waals surface area contributed by atoms with Gasteiger partial charge in [0.05, 0.1) is 27.8 Å². The molecule has 3 aromatic carbocycles. The molecule has 0 saturated carbocycles. The van der Waals surface area contributed by atoms with Gasteiger partial charge in [-0.2, -0.15) is 0 Å². The van der Waals surface area contributed by atoms with Crippen LogP contribution in [0.4, 0.5) is 0 Å². The SMILES string of the molecule is CN(C)Cc1ccc2cc(-n3cnc4cc(-c5ccc(Cl)cc5)ccc4c3=O)ccc2n1. The summed E-state index contributed by atoms with van der Waals surface area (Å²) in [5, 5.41) is 2.25. The lowest BCUT2D eigenvalue weighted by Gasteiger charge is -2.11. The molecule has 32 heavy (non-hydrogen) atoms. The van der Waals surface area contributed by atoms with Crippen molar-refractivity contribution in [2.45, 2.75) is 6.54 Å². The second-order valence-electron chi connectivity index (χ2n) is 8.08. The van der Waals surface area contributed by atoms with Crippen molar-refractivity contribution >= 4 is 33.4 Å². The Kier molecular flexibility index (Phi) is 5.21. The Bertz CT molecular complexity index is 1510. The molecule has 0 atom stereocenters. The smallest absolute Gasteiger partial charge is 0.265 e. The van der Waals surface area contributed by atoms with Gasteiger partial charge in [0.2, 0.25) is 0 Å². The van der Waals surface area contributed by atoms with Gasteiger partial charge in [-0.15, -0.1) is 0 Å². The van der Waals surface area contributed by atoms with E-state index < -0.39 is 0 Å². The highest BCUT2D eigenvalue weighted by Gasteiger charge is 2.09. The monoisotopic (exact) mass is 440 g/mol. The van der Waals surface area contributed by atoms with E-state index >= 15 is 0 Å². The molecular weight excluding hydrogens is 420 g/mol. The van der Waals surface area contributed by atoms with Gasteiger partial charge in [-0.05, 0) is 73.8 Å². The number of pyridine rings is 1. The zero-order valence-electron chi connectivity index (χ0n) is 17.8. The van der Waals surface area contributed by atoms with E-state index in [0.29, 0.717) is 15.9 Å². The van der Waals surface area contributed by atoms with Gasteiger partial charge in [0.25, 0.3) is 5.56 Å². The van der Waals surface area contributed by atoms with Gasteiger partial charge >= 0.3 is 0 Å². The van der Waals surface area contributed by atoms with Crippen molar-refractivity contribution in [1.82, 2.24) is 19.4 Å². The Morgan fingerprint density at radius 3 is 2.44 bits per heavy atom. The first-order valence-electron chi connectivity index (χ1n) is 10.3. The summed E-state index contributed by atoms with van der Waals surface area (Å²) in [6.07, 6.45) is 1.59. The molecule has 0 unspecified atom stereocenters. The van der Waals surface area contributed by atoms with Crippen molar-refractivity contribution < 1.29 is 0 Å². The van der Waals surface area contributed by atoms with Crippen LogP contribution in [0.15, 0.2) is 83.9 Å². The summed E-state index contributed by atoms with van der Waals surface area (Å²) in [5.41, 5.74) is 5.25. The van der Waals surface area contributed by atoms with Crippen molar-refractivity contribution in [2.24, 2.45) is 0 Å². The molecule has 0 saturated heterocycles. The molecule has 0 spiro atoms. The number of hydrogen-bond donors (Lipinski definition) is 0. The predicted molar refractivity (Wildman–Crippen MR) is 130 cm³/mol. The summed E-state index contributed by atoms with van der Waals surface area (Å²) in [6.45, 7) is 0.782. The van der Waals surface area contributed by atoms with Gasteiger partial charge in [0, 0.05) is 17.0 Å². The van der Waals surface area contributed by atoms with Crippen LogP contribution in [0.5, 0.6) is 0 Å². The highest BCUT2D eigenvalue weighted by Crippen LogP contribution is 2.24. The normalized spacial score (nSPS) is 11.5. The van der Waals surface area contributed by atoms with Crippen molar-refractivity contribution in [2.75, 3.05) is 14.1 Å². The highest BCUT2D eigenvalue weighted by atomic mass is 35.5. The molecule has 0 aliphatic carbocycles. The van der Waals surface area contributed by atoms with Crippen LogP contribution < -0.4 is 5.56 Å². The summed E-state index contributed by atoms with van der Waals surface area (Å²) in [7, 11) is 4.04. The lowest BCUT2D eigenvalue weighted by atomic mass is 10.0. The molecule has 0 aliphatic rings. The second-order valence-corrected chi connectivity index (χ2v) is 8.51. The largest absolute Gasteiger partial charge is 0.304 e. The van der Waals surface area contributed by atoms with Crippen LogP contribution in [0.3, 0.4) is 0 Å². The fourth-order valence-electron chi connectivity index (χ4n) is 3.84. The highest BCUT2D eigenvalue weighted by molar-refractivity contribution is 6.30. The molecule has 5 nitrogen and oxygen atoms in total. The van der Waals surface area contributed by atoms with Crippen LogP contribution in [0.1, 0.15) is 5.69 Å². The predicted octanol–water partition coefficient (Wildman–Crippen LogP) is 5.32. The topological polar surface area (TPSA) is 51.0 Å². The average Bonchev–Trinajstić information content (AvgIpc) is 2.79. The third-order valence-corrected chi connectivity index (χ3v) is 5.68. The van der Waals surface area contributed by atoms with Gasteiger partial charge in [-0.1, -0.05) is 35.9 Å². The van der Waals surface area contributed by atoms with E-state index in [1.54, 1.807) is 10.9 Å². The Morgan fingerprint density at radius 1 is 0.875 bits per heavy atom. The molecule has 5 rings (SSSR count). The van der Waals surface area contributed by atoms with Crippen molar-refractivity contribution in [3.05, 3.63) is 100 Å². The summed E-state index contributed by atoms with van der Waals surface area (Å²) >= 11 is 5.99. The van der Waals surface area contributed by atoms with Crippen molar-refractivity contribution in [1.29, 1.82) is 0 Å². The fourth-order valence-corrected chi connectivity index (χ4v) is 3.97. The number of halogens is 1.